The number of aromatic amines is 1. The molecule has 128 valence electrons. The molecular formula is C18H11BrFN5O. The summed E-state index contributed by atoms with van der Waals surface area (Å²) < 4.78 is 14.3. The quantitative estimate of drug-likeness (QED) is 0.505. The second-order valence-electron chi connectivity index (χ2n) is 5.12. The van der Waals surface area contributed by atoms with E-state index in [1.54, 1.807) is 36.4 Å². The fourth-order valence-electron chi connectivity index (χ4n) is 2.23. The summed E-state index contributed by atoms with van der Waals surface area (Å²) in [5.41, 5.74) is 2.98. The summed E-state index contributed by atoms with van der Waals surface area (Å²) in [5, 5.41) is 13.1. The van der Waals surface area contributed by atoms with Gasteiger partial charge in [0.2, 0.25) is 5.95 Å². The lowest BCUT2D eigenvalue weighted by atomic mass is 10.1. The molecule has 26 heavy (non-hydrogen) atoms. The molecule has 2 aromatic carbocycles. The molecule has 3 aromatic rings. The zero-order valence-electron chi connectivity index (χ0n) is 13.2. The summed E-state index contributed by atoms with van der Waals surface area (Å²) >= 11 is 3.24. The summed E-state index contributed by atoms with van der Waals surface area (Å²) in [6, 6.07) is 15.3. The van der Waals surface area contributed by atoms with E-state index in [0.29, 0.717) is 10.0 Å². The zero-order valence-corrected chi connectivity index (χ0v) is 14.8. The summed E-state index contributed by atoms with van der Waals surface area (Å²) in [6.07, 6.45) is 1.26. The molecule has 0 amide bonds. The third-order valence-corrected chi connectivity index (χ3v) is 4.13. The van der Waals surface area contributed by atoms with Gasteiger partial charge in [-0.2, -0.15) is 10.4 Å². The number of anilines is 1. The Morgan fingerprint density at radius 3 is 2.69 bits per heavy atom. The van der Waals surface area contributed by atoms with E-state index >= 15 is 0 Å². The van der Waals surface area contributed by atoms with E-state index in [9.17, 15) is 14.4 Å². The molecule has 1 aromatic heterocycles. The third-order valence-electron chi connectivity index (χ3n) is 3.44. The number of aromatic nitrogens is 2. The van der Waals surface area contributed by atoms with Crippen molar-refractivity contribution in [3.63, 3.8) is 0 Å². The number of rotatable bonds is 4. The van der Waals surface area contributed by atoms with Gasteiger partial charge in [-0.05, 0) is 12.1 Å². The first-order chi connectivity index (χ1) is 12.6. The Labute approximate surface area is 156 Å². The molecule has 0 radical (unpaired) electrons. The molecule has 8 heteroatoms. The van der Waals surface area contributed by atoms with Crippen molar-refractivity contribution < 1.29 is 4.39 Å². The van der Waals surface area contributed by atoms with Crippen LogP contribution in [-0.2, 0) is 0 Å². The van der Waals surface area contributed by atoms with E-state index in [0.717, 1.165) is 0 Å². The van der Waals surface area contributed by atoms with Crippen LogP contribution in [0.25, 0.3) is 11.3 Å². The average molecular weight is 412 g/mol. The zero-order chi connectivity index (χ0) is 18.5. The topological polar surface area (TPSA) is 93.9 Å². The summed E-state index contributed by atoms with van der Waals surface area (Å²) in [7, 11) is 0. The normalized spacial score (nSPS) is 10.7. The van der Waals surface area contributed by atoms with Crippen LogP contribution in [0, 0.1) is 17.1 Å². The number of hydrogen-bond donors (Lipinski definition) is 2. The van der Waals surface area contributed by atoms with E-state index in [-0.39, 0.29) is 22.8 Å². The van der Waals surface area contributed by atoms with Crippen molar-refractivity contribution in [3.05, 3.63) is 80.3 Å². The molecule has 0 spiro atoms. The Kier molecular flexibility index (Phi) is 5.20. The highest BCUT2D eigenvalue weighted by Crippen LogP contribution is 2.20. The van der Waals surface area contributed by atoms with Gasteiger partial charge in [0.05, 0.1) is 11.9 Å². The maximum Gasteiger partial charge on any atom is 0.270 e. The lowest BCUT2D eigenvalue weighted by Crippen LogP contribution is -2.16. The van der Waals surface area contributed by atoms with Crippen LogP contribution in [0.3, 0.4) is 0 Å². The van der Waals surface area contributed by atoms with Gasteiger partial charge in [-0.15, -0.1) is 0 Å². The van der Waals surface area contributed by atoms with E-state index in [2.05, 4.69) is 36.4 Å². The van der Waals surface area contributed by atoms with Crippen molar-refractivity contribution in [3.8, 4) is 17.3 Å². The van der Waals surface area contributed by atoms with Crippen molar-refractivity contribution in [1.29, 1.82) is 5.26 Å². The van der Waals surface area contributed by atoms with Crippen molar-refractivity contribution in [2.24, 2.45) is 5.10 Å². The van der Waals surface area contributed by atoms with Crippen LogP contribution in [0.4, 0.5) is 10.3 Å². The van der Waals surface area contributed by atoms with Gasteiger partial charge in [0.15, 0.2) is 0 Å². The van der Waals surface area contributed by atoms with Crippen LogP contribution < -0.4 is 11.0 Å². The third kappa shape index (κ3) is 3.68. The van der Waals surface area contributed by atoms with E-state index in [1.165, 1.54) is 12.3 Å². The maximum absolute atomic E-state index is 13.8. The van der Waals surface area contributed by atoms with Crippen molar-refractivity contribution in [2.45, 2.75) is 0 Å². The minimum absolute atomic E-state index is 0.0385. The smallest absolute Gasteiger partial charge is 0.270 e. The van der Waals surface area contributed by atoms with Crippen LogP contribution in [0.5, 0.6) is 0 Å². The second-order valence-corrected chi connectivity index (χ2v) is 5.98. The largest absolute Gasteiger partial charge is 0.290 e. The number of hydrogen-bond acceptors (Lipinski definition) is 5. The summed E-state index contributed by atoms with van der Waals surface area (Å²) in [4.78, 5) is 18.8. The van der Waals surface area contributed by atoms with Crippen LogP contribution in [0.1, 0.15) is 11.1 Å². The lowest BCUT2D eigenvalue weighted by molar-refractivity contribution is 0.625. The molecule has 0 aliphatic carbocycles. The molecule has 6 nitrogen and oxygen atoms in total. The first kappa shape index (κ1) is 17.5. The highest BCUT2D eigenvalue weighted by atomic mass is 79.9. The minimum Gasteiger partial charge on any atom is -0.290 e. The fraction of sp³-hybridized carbons (Fsp3) is 0. The Balaban J connectivity index is 1.95. The summed E-state index contributed by atoms with van der Waals surface area (Å²) in [5.74, 6) is -0.409. The van der Waals surface area contributed by atoms with Gasteiger partial charge < -0.3 is 0 Å². The monoisotopic (exact) mass is 411 g/mol. The predicted molar refractivity (Wildman–Crippen MR) is 100 cm³/mol. The van der Waals surface area contributed by atoms with Crippen LogP contribution in [0.15, 0.2) is 62.9 Å². The summed E-state index contributed by atoms with van der Waals surface area (Å²) in [6.45, 7) is 0. The first-order valence-corrected chi connectivity index (χ1v) is 8.22. The van der Waals surface area contributed by atoms with Gasteiger partial charge in [0.1, 0.15) is 17.4 Å². The second kappa shape index (κ2) is 7.72. The molecule has 0 unspecified atom stereocenters. The predicted octanol–water partition coefficient (Wildman–Crippen LogP) is 3.66. The van der Waals surface area contributed by atoms with Gasteiger partial charge >= 0.3 is 0 Å². The first-order valence-electron chi connectivity index (χ1n) is 7.43. The molecule has 0 saturated heterocycles. The number of benzene rings is 2. The Bertz CT molecular complexity index is 1050. The molecule has 2 N–H and O–H groups in total. The van der Waals surface area contributed by atoms with Crippen LogP contribution in [-0.4, -0.2) is 16.2 Å². The molecular weight excluding hydrogens is 401 g/mol. The Morgan fingerprint density at radius 2 is 2.00 bits per heavy atom. The Hall–Kier alpha value is -3.31. The minimum atomic E-state index is -0.592. The van der Waals surface area contributed by atoms with E-state index in [4.69, 9.17) is 0 Å². The highest BCUT2D eigenvalue weighted by molar-refractivity contribution is 9.10. The van der Waals surface area contributed by atoms with Crippen LogP contribution in [0.2, 0.25) is 0 Å². The molecule has 0 atom stereocenters. The molecule has 0 fully saturated rings. The molecule has 1 heterocycles. The Morgan fingerprint density at radius 1 is 1.23 bits per heavy atom. The van der Waals surface area contributed by atoms with Gasteiger partial charge in [-0.1, -0.05) is 52.3 Å². The SMILES string of the molecule is N#Cc1c(-c2ccccc2)nc(NN=Cc2c(F)cccc2Br)[nH]c1=O. The van der Waals surface area contributed by atoms with Gasteiger partial charge in [0.25, 0.3) is 5.56 Å². The number of nitrogens with one attached hydrogen (secondary N) is 2. The molecule has 0 aliphatic heterocycles. The van der Waals surface area contributed by atoms with E-state index < -0.39 is 11.4 Å². The number of nitrogens with zero attached hydrogens (tertiary/aromatic N) is 3. The molecule has 3 rings (SSSR count). The molecule has 0 bridgehead atoms. The van der Waals surface area contributed by atoms with Gasteiger partial charge in [-0.25, -0.2) is 14.8 Å². The van der Waals surface area contributed by atoms with E-state index in [1.807, 2.05) is 12.1 Å². The maximum atomic E-state index is 13.8. The average Bonchev–Trinajstić information content (AvgIpc) is 2.64. The van der Waals surface area contributed by atoms with Crippen molar-refractivity contribution in [2.75, 3.05) is 5.43 Å². The number of hydrazone groups is 1. The standard InChI is InChI=1S/C18H11BrFN5O/c19-14-7-4-8-15(20)13(14)10-22-25-18-23-16(11-5-2-1-3-6-11)12(9-21)17(26)24-18/h1-8,10H,(H2,23,24,25,26). The van der Waals surface area contributed by atoms with Crippen molar-refractivity contribution >= 4 is 28.1 Å². The number of halogens is 2. The number of H-pyrrole nitrogens is 1. The lowest BCUT2D eigenvalue weighted by Gasteiger charge is -2.06. The van der Waals surface area contributed by atoms with Crippen molar-refractivity contribution in [1.82, 2.24) is 9.97 Å². The molecule has 0 saturated carbocycles. The fourth-order valence-corrected chi connectivity index (χ4v) is 2.67. The van der Waals surface area contributed by atoms with Gasteiger partial charge in [0, 0.05) is 15.6 Å². The molecule has 0 aliphatic rings. The van der Waals surface area contributed by atoms with Crippen LogP contribution >= 0.6 is 15.9 Å². The van der Waals surface area contributed by atoms with Gasteiger partial charge in [-0.3, -0.25) is 9.78 Å². The number of nitriles is 1. The highest BCUT2D eigenvalue weighted by Gasteiger charge is 2.13.